The average Bonchev–Trinajstić information content (AvgIpc) is 3.95. The Kier molecular flexibility index (Phi) is 15.0. The smallest absolute Gasteiger partial charge is 0.261 e. The molecule has 0 N–H and O–H groups in total. The van der Waals surface area contributed by atoms with Crippen molar-refractivity contribution in [2.75, 3.05) is 13.2 Å². The lowest BCUT2D eigenvalue weighted by Gasteiger charge is -2.44. The lowest BCUT2D eigenvalue weighted by atomic mass is 9.88. The fourth-order valence-corrected chi connectivity index (χ4v) is 19.1. The second-order valence-corrected chi connectivity index (χ2v) is 32.4. The number of ether oxygens (including phenoxy) is 5. The zero-order valence-corrected chi connectivity index (χ0v) is 44.3. The van der Waals surface area contributed by atoms with Gasteiger partial charge in [-0.25, -0.2) is 8.42 Å². The van der Waals surface area contributed by atoms with E-state index in [1.165, 1.54) is 0 Å². The van der Waals surface area contributed by atoms with Crippen LogP contribution in [-0.2, 0) is 55.6 Å². The van der Waals surface area contributed by atoms with Crippen molar-refractivity contribution in [1.82, 2.24) is 0 Å². The van der Waals surface area contributed by atoms with Crippen LogP contribution in [0.4, 0.5) is 0 Å². The first kappa shape index (κ1) is 50.6. The summed E-state index contributed by atoms with van der Waals surface area (Å²) >= 11 is 0. The Labute approximate surface area is 408 Å². The number of rotatable bonds is 18. The van der Waals surface area contributed by atoms with Gasteiger partial charge in [-0.05, 0) is 91.9 Å². The largest absolute Gasteiger partial charge is 0.410 e. The summed E-state index contributed by atoms with van der Waals surface area (Å²) in [6.45, 7) is 20.4. The summed E-state index contributed by atoms with van der Waals surface area (Å²) in [6.07, 6.45) is -0.351. The molecule has 8 atom stereocenters. The molecule has 68 heavy (non-hydrogen) atoms. The third-order valence-electron chi connectivity index (χ3n) is 14.2. The molecular formula is C56H72O9SSi2. The topological polar surface area (TPSA) is 102 Å². The highest BCUT2D eigenvalue weighted by atomic mass is 32.2. The third kappa shape index (κ3) is 10.6. The lowest BCUT2D eigenvalue weighted by molar-refractivity contribution is -0.224. The van der Waals surface area contributed by atoms with Crippen molar-refractivity contribution >= 4 is 36.8 Å². The molecule has 3 heterocycles. The summed E-state index contributed by atoms with van der Waals surface area (Å²) in [6, 6.07) is 48.2. The number of hydrogen-bond acceptors (Lipinski definition) is 9. The van der Waals surface area contributed by atoms with Crippen LogP contribution >= 0.6 is 0 Å². The first-order valence-corrected chi connectivity index (χ1v) is 31.1. The Hall–Kier alpha value is -3.80. The molecule has 0 spiro atoms. The van der Waals surface area contributed by atoms with Crippen LogP contribution in [0.2, 0.25) is 24.7 Å². The fraction of sp³-hybridized carbons (Fsp3) is 0.464. The van der Waals surface area contributed by atoms with Crippen LogP contribution < -0.4 is 10.4 Å². The summed E-state index contributed by atoms with van der Waals surface area (Å²) in [4.78, 5) is -1.52. The van der Waals surface area contributed by atoms with Crippen LogP contribution in [-0.4, -0.2) is 84.9 Å². The number of epoxide rings is 1. The summed E-state index contributed by atoms with van der Waals surface area (Å²) in [7, 11) is -9.58. The molecular weight excluding hydrogens is 905 g/mol. The van der Waals surface area contributed by atoms with E-state index in [4.69, 9.17) is 32.5 Å². The Morgan fingerprint density at radius 2 is 1.25 bits per heavy atom. The van der Waals surface area contributed by atoms with Crippen LogP contribution in [0.25, 0.3) is 0 Å². The predicted molar refractivity (Wildman–Crippen MR) is 274 cm³/mol. The second-order valence-electron chi connectivity index (χ2n) is 21.6. The zero-order valence-electron chi connectivity index (χ0n) is 41.5. The van der Waals surface area contributed by atoms with E-state index < -0.39 is 54.8 Å². The van der Waals surface area contributed by atoms with Crippen molar-refractivity contribution in [3.8, 4) is 0 Å². The number of fused-ring (bicyclic) bond motifs is 1. The second kappa shape index (κ2) is 20.1. The van der Waals surface area contributed by atoms with Crippen LogP contribution in [0, 0.1) is 6.92 Å². The van der Waals surface area contributed by atoms with Gasteiger partial charge in [-0.15, -0.1) is 0 Å². The Balaban J connectivity index is 1.15. The van der Waals surface area contributed by atoms with Gasteiger partial charge in [0.05, 0.1) is 61.3 Å². The van der Waals surface area contributed by atoms with Gasteiger partial charge in [0.1, 0.15) is 11.7 Å². The number of hydrogen-bond donors (Lipinski definition) is 0. The number of aryl methyl sites for hydroxylation is 1. The molecule has 0 amide bonds. The van der Waals surface area contributed by atoms with E-state index >= 15 is 8.42 Å². The molecule has 5 aromatic carbocycles. The van der Waals surface area contributed by atoms with E-state index in [1.54, 1.807) is 12.1 Å². The minimum Gasteiger partial charge on any atom is -0.410 e. The molecule has 3 fully saturated rings. The molecule has 3 aliphatic rings. The Morgan fingerprint density at radius 1 is 0.706 bits per heavy atom. The van der Waals surface area contributed by atoms with Gasteiger partial charge in [-0.2, -0.15) is 0 Å². The van der Waals surface area contributed by atoms with Gasteiger partial charge in [0.15, 0.2) is 8.32 Å². The Bertz CT molecular complexity index is 2480. The van der Waals surface area contributed by atoms with E-state index in [1.807, 2.05) is 74.5 Å². The monoisotopic (exact) mass is 976 g/mol. The number of sulfone groups is 1. The summed E-state index contributed by atoms with van der Waals surface area (Å²) in [5, 5.41) is 1.87. The first-order valence-electron chi connectivity index (χ1n) is 24.3. The van der Waals surface area contributed by atoms with E-state index in [2.05, 4.69) is 120 Å². The van der Waals surface area contributed by atoms with Crippen LogP contribution in [0.5, 0.6) is 0 Å². The van der Waals surface area contributed by atoms with Gasteiger partial charge in [-0.3, -0.25) is 0 Å². The Morgan fingerprint density at radius 3 is 1.79 bits per heavy atom. The normalized spacial score (nSPS) is 27.8. The highest BCUT2D eigenvalue weighted by molar-refractivity contribution is 7.93. The van der Waals surface area contributed by atoms with Gasteiger partial charge in [0, 0.05) is 12.8 Å². The van der Waals surface area contributed by atoms with Crippen molar-refractivity contribution in [3.63, 3.8) is 0 Å². The van der Waals surface area contributed by atoms with Crippen LogP contribution in [0.15, 0.2) is 150 Å². The maximum absolute atomic E-state index is 15.6. The molecule has 0 aromatic heterocycles. The van der Waals surface area contributed by atoms with Gasteiger partial charge < -0.3 is 32.5 Å². The van der Waals surface area contributed by atoms with Gasteiger partial charge in [0.2, 0.25) is 14.8 Å². The quantitative estimate of drug-likeness (QED) is 0.0627. The van der Waals surface area contributed by atoms with Crippen molar-refractivity contribution in [2.24, 2.45) is 0 Å². The number of benzene rings is 5. The van der Waals surface area contributed by atoms with E-state index in [9.17, 15) is 0 Å². The molecule has 12 heteroatoms. The van der Waals surface area contributed by atoms with Crippen LogP contribution in [0.3, 0.4) is 0 Å². The van der Waals surface area contributed by atoms with Crippen molar-refractivity contribution in [3.05, 3.63) is 162 Å². The van der Waals surface area contributed by atoms with E-state index in [0.29, 0.717) is 39.1 Å². The minimum atomic E-state index is -4.19. The van der Waals surface area contributed by atoms with E-state index in [-0.39, 0.29) is 41.3 Å². The minimum absolute atomic E-state index is 0.0210. The maximum Gasteiger partial charge on any atom is 0.261 e. The van der Waals surface area contributed by atoms with Crippen LogP contribution in [0.1, 0.15) is 77.0 Å². The molecule has 5 aromatic rings. The average molecular weight is 977 g/mol. The molecule has 0 bridgehead atoms. The fourth-order valence-electron chi connectivity index (χ4n) is 10.7. The van der Waals surface area contributed by atoms with E-state index in [0.717, 1.165) is 27.1 Å². The third-order valence-corrected chi connectivity index (χ3v) is 22.7. The van der Waals surface area contributed by atoms with Gasteiger partial charge in [0.25, 0.3) is 8.32 Å². The van der Waals surface area contributed by atoms with Crippen molar-refractivity contribution < 1.29 is 41.0 Å². The molecule has 8 rings (SSSR count). The SMILES string of the molecule is Cc1ccc(S(=O)(=O)[C@]2(C[C@@H]3O[C@@H]4C[C@H](OCc5ccccc5)[C@@H](COCc5ccccc5)O[C@H]4CC[C@@]3(C)O[Si](C)(C)C)O[C@]2(C)CO[Si](c2ccccc2)(c2ccccc2)C(C)(C)C)cc1. The maximum atomic E-state index is 15.6. The zero-order chi connectivity index (χ0) is 48.4. The van der Waals surface area contributed by atoms with Gasteiger partial charge in [-0.1, -0.05) is 160 Å². The first-order chi connectivity index (χ1) is 32.3. The molecule has 0 aliphatic carbocycles. The predicted octanol–water partition coefficient (Wildman–Crippen LogP) is 10.3. The molecule has 0 radical (unpaired) electrons. The highest BCUT2D eigenvalue weighted by Crippen LogP contribution is 2.59. The molecule has 9 nitrogen and oxygen atoms in total. The molecule has 364 valence electrons. The highest BCUT2D eigenvalue weighted by Gasteiger charge is 2.77. The molecule has 0 unspecified atom stereocenters. The lowest BCUT2D eigenvalue weighted by Crippen LogP contribution is -2.67. The standard InChI is InChI=1S/C56H72O9SSi2/c1-42-30-32-45(33-31-42)66(57,58)56(55(6,64-56)41-61-68(53(2,3)4,46-26-18-12-19-27-46)47-28-20-13-21-29-47)37-52-54(5,65-67(7,8)9)35-34-48-50(63-52)36-49(60-39-44-24-16-11-17-25-44)51(62-48)40-59-38-43-22-14-10-15-23-43/h10-33,48-52H,34-41H2,1-9H3/t48-,49-,50+,51+,52-,54+,55+,56-/m0/s1. The van der Waals surface area contributed by atoms with Crippen molar-refractivity contribution in [1.29, 1.82) is 0 Å². The summed E-state index contributed by atoms with van der Waals surface area (Å²) < 4.78 is 80.5. The summed E-state index contributed by atoms with van der Waals surface area (Å²) in [5.74, 6) is 0. The van der Waals surface area contributed by atoms with Gasteiger partial charge >= 0.3 is 0 Å². The van der Waals surface area contributed by atoms with Crippen molar-refractivity contribution in [2.45, 2.75) is 157 Å². The summed E-state index contributed by atoms with van der Waals surface area (Å²) in [5.41, 5.74) is 0.968. The molecule has 0 saturated carbocycles. The molecule has 3 saturated heterocycles. The molecule has 3 aliphatic heterocycles.